The highest BCUT2D eigenvalue weighted by Crippen LogP contribution is 2.33. The second-order valence-electron chi connectivity index (χ2n) is 4.35. The third kappa shape index (κ3) is 2.78. The first kappa shape index (κ1) is 13.2. The van der Waals surface area contributed by atoms with E-state index in [0.717, 1.165) is 23.7 Å². The van der Waals surface area contributed by atoms with Crippen molar-refractivity contribution in [1.29, 1.82) is 0 Å². The smallest absolute Gasteiger partial charge is 0.253 e. The molecule has 1 aromatic carbocycles. The zero-order valence-electron chi connectivity index (χ0n) is 9.10. The molecule has 0 aromatic heterocycles. The number of nitrogens with one attached hydrogen (secondary N) is 1. The molecule has 5 heteroatoms. The van der Waals surface area contributed by atoms with Crippen molar-refractivity contribution in [3.63, 3.8) is 0 Å². The summed E-state index contributed by atoms with van der Waals surface area (Å²) in [5.41, 5.74) is 0.252. The van der Waals surface area contributed by atoms with Crippen molar-refractivity contribution in [2.24, 2.45) is 0 Å². The Labute approximate surface area is 119 Å². The number of alkyl halides is 1. The van der Waals surface area contributed by atoms with Crippen molar-refractivity contribution < 1.29 is 4.79 Å². The summed E-state index contributed by atoms with van der Waals surface area (Å²) in [5.74, 6) is 0.293. The van der Waals surface area contributed by atoms with Gasteiger partial charge in [0.25, 0.3) is 5.91 Å². The fourth-order valence-corrected chi connectivity index (χ4v) is 2.77. The third-order valence-corrected chi connectivity index (χ3v) is 4.45. The Morgan fingerprint density at radius 1 is 1.47 bits per heavy atom. The number of hydrogen-bond donors (Lipinski definition) is 1. The van der Waals surface area contributed by atoms with E-state index in [0.29, 0.717) is 16.5 Å². The first-order valence-corrected chi connectivity index (χ1v) is 7.10. The summed E-state index contributed by atoms with van der Waals surface area (Å²) in [7, 11) is 0. The van der Waals surface area contributed by atoms with Gasteiger partial charge in [-0.1, -0.05) is 27.5 Å². The number of amides is 1. The van der Waals surface area contributed by atoms with Crippen LogP contribution in [0.4, 0.5) is 0 Å². The van der Waals surface area contributed by atoms with Gasteiger partial charge in [0.05, 0.1) is 16.1 Å². The van der Waals surface area contributed by atoms with Crippen molar-refractivity contribution in [1.82, 2.24) is 5.32 Å². The first-order chi connectivity index (χ1) is 8.06. The standard InChI is InChI=1S/C12H12BrCl2NO/c13-8-2-3-10(15)9(6-8)11(17)16-12(7-14)4-1-5-12/h2-3,6H,1,4-5,7H2,(H,16,17). The van der Waals surface area contributed by atoms with Crippen molar-refractivity contribution in [2.75, 3.05) is 5.88 Å². The molecule has 0 aliphatic heterocycles. The summed E-state index contributed by atoms with van der Waals surface area (Å²) in [5, 5.41) is 3.44. The fraction of sp³-hybridized carbons (Fsp3) is 0.417. The minimum atomic E-state index is -0.232. The monoisotopic (exact) mass is 335 g/mol. The summed E-state index contributed by atoms with van der Waals surface area (Å²) in [6.45, 7) is 0. The zero-order chi connectivity index (χ0) is 12.5. The molecule has 0 radical (unpaired) electrons. The van der Waals surface area contributed by atoms with Crippen molar-refractivity contribution in [3.8, 4) is 0 Å². The average Bonchev–Trinajstić information content (AvgIpc) is 2.26. The van der Waals surface area contributed by atoms with Crippen LogP contribution in [-0.4, -0.2) is 17.3 Å². The lowest BCUT2D eigenvalue weighted by atomic mass is 9.78. The van der Waals surface area contributed by atoms with E-state index in [2.05, 4.69) is 21.2 Å². The highest BCUT2D eigenvalue weighted by Gasteiger charge is 2.37. The molecule has 92 valence electrons. The van der Waals surface area contributed by atoms with E-state index >= 15 is 0 Å². The molecule has 1 N–H and O–H groups in total. The summed E-state index contributed by atoms with van der Waals surface area (Å²) in [6.07, 6.45) is 2.99. The summed E-state index contributed by atoms with van der Waals surface area (Å²) in [6, 6.07) is 5.23. The van der Waals surface area contributed by atoms with E-state index in [4.69, 9.17) is 23.2 Å². The van der Waals surface area contributed by atoms with Crippen LogP contribution in [0.5, 0.6) is 0 Å². The van der Waals surface area contributed by atoms with E-state index in [1.54, 1.807) is 18.2 Å². The predicted octanol–water partition coefficient (Wildman–Crippen LogP) is 3.99. The molecule has 1 amide bonds. The molecule has 1 saturated carbocycles. The van der Waals surface area contributed by atoms with Gasteiger partial charge >= 0.3 is 0 Å². The van der Waals surface area contributed by atoms with Crippen LogP contribution >= 0.6 is 39.1 Å². The number of hydrogen-bond acceptors (Lipinski definition) is 1. The van der Waals surface area contributed by atoms with Gasteiger partial charge in [-0.05, 0) is 37.5 Å². The normalized spacial score (nSPS) is 17.4. The lowest BCUT2D eigenvalue weighted by Crippen LogP contribution is -2.55. The molecule has 0 heterocycles. The quantitative estimate of drug-likeness (QED) is 0.831. The Morgan fingerprint density at radius 3 is 2.71 bits per heavy atom. The maximum absolute atomic E-state index is 12.1. The van der Waals surface area contributed by atoms with Crippen LogP contribution in [-0.2, 0) is 0 Å². The third-order valence-electron chi connectivity index (χ3n) is 3.12. The maximum Gasteiger partial charge on any atom is 0.253 e. The van der Waals surface area contributed by atoms with E-state index in [9.17, 15) is 4.79 Å². The van der Waals surface area contributed by atoms with Gasteiger partial charge in [0.15, 0.2) is 0 Å². The molecule has 2 rings (SSSR count). The van der Waals surface area contributed by atoms with E-state index in [1.807, 2.05) is 0 Å². The molecule has 0 saturated heterocycles. The van der Waals surface area contributed by atoms with Crippen molar-refractivity contribution >= 4 is 45.0 Å². The van der Waals surface area contributed by atoms with Gasteiger partial charge in [0, 0.05) is 10.4 Å². The van der Waals surface area contributed by atoms with Crippen LogP contribution in [0.3, 0.4) is 0 Å². The molecule has 17 heavy (non-hydrogen) atoms. The SMILES string of the molecule is O=C(NC1(CCl)CCC1)c1cc(Br)ccc1Cl. The molecule has 0 bridgehead atoms. The van der Waals surface area contributed by atoms with Gasteiger partial charge in [-0.15, -0.1) is 11.6 Å². The lowest BCUT2D eigenvalue weighted by molar-refractivity contribution is 0.0854. The van der Waals surface area contributed by atoms with Crippen LogP contribution < -0.4 is 5.32 Å². The van der Waals surface area contributed by atoms with Gasteiger partial charge in [-0.2, -0.15) is 0 Å². The zero-order valence-corrected chi connectivity index (χ0v) is 12.2. The Bertz CT molecular complexity index is 441. The number of benzene rings is 1. The molecule has 0 unspecified atom stereocenters. The summed E-state index contributed by atoms with van der Waals surface area (Å²) >= 11 is 15.2. The second kappa shape index (κ2) is 5.17. The molecule has 1 aromatic rings. The Morgan fingerprint density at radius 2 is 2.18 bits per heavy atom. The predicted molar refractivity (Wildman–Crippen MR) is 73.9 cm³/mol. The average molecular weight is 337 g/mol. The van der Waals surface area contributed by atoms with Crippen LogP contribution in [0, 0.1) is 0 Å². The Kier molecular flexibility index (Phi) is 4.01. The molecular formula is C12H12BrCl2NO. The van der Waals surface area contributed by atoms with Gasteiger partial charge in [0.1, 0.15) is 0 Å². The first-order valence-electron chi connectivity index (χ1n) is 5.40. The number of halogens is 3. The molecule has 1 aliphatic carbocycles. The fourth-order valence-electron chi connectivity index (χ4n) is 1.88. The molecule has 1 fully saturated rings. The van der Waals surface area contributed by atoms with Crippen LogP contribution in [0.1, 0.15) is 29.6 Å². The van der Waals surface area contributed by atoms with Gasteiger partial charge in [0.2, 0.25) is 0 Å². The lowest BCUT2D eigenvalue weighted by Gasteiger charge is -2.41. The van der Waals surface area contributed by atoms with Gasteiger partial charge in [-0.3, -0.25) is 4.79 Å². The highest BCUT2D eigenvalue weighted by atomic mass is 79.9. The Hall–Kier alpha value is -0.250. The van der Waals surface area contributed by atoms with Crippen molar-refractivity contribution in [3.05, 3.63) is 33.3 Å². The Balaban J connectivity index is 2.17. The van der Waals surface area contributed by atoms with Crippen LogP contribution in [0.15, 0.2) is 22.7 Å². The van der Waals surface area contributed by atoms with Crippen molar-refractivity contribution in [2.45, 2.75) is 24.8 Å². The molecular weight excluding hydrogens is 325 g/mol. The number of carbonyl (C=O) groups is 1. The number of rotatable bonds is 3. The topological polar surface area (TPSA) is 29.1 Å². The second-order valence-corrected chi connectivity index (χ2v) is 5.94. The largest absolute Gasteiger partial charge is 0.345 e. The van der Waals surface area contributed by atoms with Gasteiger partial charge in [-0.25, -0.2) is 0 Å². The summed E-state index contributed by atoms with van der Waals surface area (Å²) in [4.78, 5) is 12.1. The maximum atomic E-state index is 12.1. The molecule has 0 spiro atoms. The highest BCUT2D eigenvalue weighted by molar-refractivity contribution is 9.10. The van der Waals surface area contributed by atoms with Crippen LogP contribution in [0.25, 0.3) is 0 Å². The van der Waals surface area contributed by atoms with Crippen LogP contribution in [0.2, 0.25) is 5.02 Å². The molecule has 2 nitrogen and oxygen atoms in total. The number of carbonyl (C=O) groups excluding carboxylic acids is 1. The molecule has 1 aliphatic rings. The van der Waals surface area contributed by atoms with Gasteiger partial charge < -0.3 is 5.32 Å². The minimum absolute atomic E-state index is 0.156. The van der Waals surface area contributed by atoms with E-state index in [1.165, 1.54) is 0 Å². The molecule has 0 atom stereocenters. The van der Waals surface area contributed by atoms with E-state index < -0.39 is 0 Å². The summed E-state index contributed by atoms with van der Waals surface area (Å²) < 4.78 is 0.834. The van der Waals surface area contributed by atoms with E-state index in [-0.39, 0.29) is 11.4 Å². The minimum Gasteiger partial charge on any atom is -0.345 e.